The summed E-state index contributed by atoms with van der Waals surface area (Å²) < 4.78 is 30.9. The summed E-state index contributed by atoms with van der Waals surface area (Å²) in [6.45, 7) is 7.23. The third-order valence-corrected chi connectivity index (χ3v) is 3.35. The topological polar surface area (TPSA) is 141 Å². The molecule has 11 nitrogen and oxygen atoms in total. The molecule has 0 amide bonds. The molecule has 0 bridgehead atoms. The van der Waals surface area contributed by atoms with Gasteiger partial charge in [0.25, 0.3) is 0 Å². The van der Waals surface area contributed by atoms with Gasteiger partial charge >= 0.3 is 29.8 Å². The second kappa shape index (κ2) is 10.4. The van der Waals surface area contributed by atoms with Crippen molar-refractivity contribution in [1.29, 1.82) is 0 Å². The van der Waals surface area contributed by atoms with E-state index < -0.39 is 67.2 Å². The smallest absolute Gasteiger partial charge is 0.332 e. The third-order valence-electron chi connectivity index (χ3n) is 3.35. The van der Waals surface area contributed by atoms with E-state index in [0.717, 1.165) is 33.8 Å². The maximum Gasteiger partial charge on any atom is 0.332 e. The van der Waals surface area contributed by atoms with Crippen LogP contribution in [-0.2, 0) is 52.4 Å². The van der Waals surface area contributed by atoms with Crippen LogP contribution in [0.15, 0.2) is 12.7 Å². The Morgan fingerprint density at radius 3 is 1.75 bits per heavy atom. The fraction of sp³-hybridized carbons (Fsp3) is 0.588. The number of hydrogen-bond acceptors (Lipinski definition) is 11. The van der Waals surface area contributed by atoms with Gasteiger partial charge in [0.05, 0.1) is 0 Å². The Labute approximate surface area is 160 Å². The zero-order chi connectivity index (χ0) is 21.4. The first-order valence-electron chi connectivity index (χ1n) is 8.18. The first-order chi connectivity index (χ1) is 13.0. The van der Waals surface area contributed by atoms with Crippen LogP contribution in [0.4, 0.5) is 0 Å². The molecule has 0 aliphatic carbocycles. The summed E-state index contributed by atoms with van der Waals surface area (Å²) in [5.41, 5.74) is 0. The van der Waals surface area contributed by atoms with Crippen molar-refractivity contribution in [3.63, 3.8) is 0 Å². The van der Waals surface area contributed by atoms with Crippen LogP contribution in [0.25, 0.3) is 0 Å². The fourth-order valence-electron chi connectivity index (χ4n) is 2.45. The molecule has 0 radical (unpaired) electrons. The highest BCUT2D eigenvalue weighted by atomic mass is 16.7. The van der Waals surface area contributed by atoms with E-state index in [4.69, 9.17) is 28.4 Å². The van der Waals surface area contributed by atoms with E-state index in [-0.39, 0.29) is 0 Å². The first kappa shape index (κ1) is 23.1. The van der Waals surface area contributed by atoms with Crippen LogP contribution < -0.4 is 0 Å². The molecule has 11 heteroatoms. The highest BCUT2D eigenvalue weighted by Gasteiger charge is 2.53. The summed E-state index contributed by atoms with van der Waals surface area (Å²) >= 11 is 0. The summed E-state index contributed by atoms with van der Waals surface area (Å²) in [5.74, 6) is -3.93. The monoisotopic (exact) mass is 402 g/mol. The number of esters is 5. The fourth-order valence-corrected chi connectivity index (χ4v) is 2.45. The quantitative estimate of drug-likeness (QED) is 0.317. The maximum absolute atomic E-state index is 11.6. The number of hydrogen-bond donors (Lipinski definition) is 0. The van der Waals surface area contributed by atoms with Gasteiger partial charge in [0.1, 0.15) is 12.7 Å². The molecule has 0 unspecified atom stereocenters. The molecule has 0 aromatic heterocycles. The molecule has 156 valence electrons. The zero-order valence-electron chi connectivity index (χ0n) is 15.9. The lowest BCUT2D eigenvalue weighted by atomic mass is 9.98. The molecule has 0 spiro atoms. The second-order valence-corrected chi connectivity index (χ2v) is 5.71. The summed E-state index contributed by atoms with van der Waals surface area (Å²) in [7, 11) is 0. The van der Waals surface area contributed by atoms with Gasteiger partial charge in [0.2, 0.25) is 12.4 Å². The predicted octanol–water partition coefficient (Wildman–Crippen LogP) is -0.201. The molecule has 1 aliphatic heterocycles. The first-order valence-corrected chi connectivity index (χ1v) is 8.18. The maximum atomic E-state index is 11.6. The molecule has 5 atom stereocenters. The van der Waals surface area contributed by atoms with Crippen molar-refractivity contribution in [2.45, 2.75) is 58.4 Å². The Kier molecular flexibility index (Phi) is 8.58. The van der Waals surface area contributed by atoms with Crippen molar-refractivity contribution in [2.24, 2.45) is 0 Å². The van der Waals surface area contributed by atoms with Gasteiger partial charge in [-0.1, -0.05) is 6.58 Å². The van der Waals surface area contributed by atoms with Crippen LogP contribution in [0.5, 0.6) is 0 Å². The van der Waals surface area contributed by atoms with Crippen molar-refractivity contribution < 1.29 is 52.4 Å². The third kappa shape index (κ3) is 6.99. The Bertz CT molecular complexity index is 641. The molecule has 0 aromatic rings. The molecule has 0 saturated carbocycles. The van der Waals surface area contributed by atoms with Crippen LogP contribution in [-0.4, -0.2) is 67.2 Å². The van der Waals surface area contributed by atoms with Gasteiger partial charge in [-0.25, -0.2) is 4.79 Å². The van der Waals surface area contributed by atoms with E-state index in [1.807, 2.05) is 0 Å². The van der Waals surface area contributed by atoms with Gasteiger partial charge in [-0.3, -0.25) is 19.2 Å². The molecular formula is C17H22O11. The normalized spacial score (nSPS) is 26.4. The minimum atomic E-state index is -1.55. The lowest BCUT2D eigenvalue weighted by Gasteiger charge is -2.43. The summed E-state index contributed by atoms with van der Waals surface area (Å²) in [6.07, 6.45) is -6.07. The van der Waals surface area contributed by atoms with Gasteiger partial charge in [-0.2, -0.15) is 0 Å². The van der Waals surface area contributed by atoms with Gasteiger partial charge < -0.3 is 28.4 Å². The van der Waals surface area contributed by atoms with E-state index in [1.54, 1.807) is 0 Å². The van der Waals surface area contributed by atoms with Gasteiger partial charge in [-0.05, 0) is 0 Å². The molecule has 0 aromatic carbocycles. The number of carbonyl (C=O) groups is 5. The molecule has 28 heavy (non-hydrogen) atoms. The number of rotatable bonds is 7. The standard InChI is InChI=1S/C17H22O11/c1-6-13(22)28-17-16(26-11(5)21)15(25-10(4)20)14(24-9(3)19)12(27-17)7-23-8(2)18/h6,12,14-17H,1,7H2,2-5H3/t12-,14-,15+,16-,17+/m1/s1. The molecule has 1 saturated heterocycles. The Balaban J connectivity index is 3.32. The SMILES string of the molecule is C=CC(=O)O[C@@H]1O[C@H](COC(C)=O)[C@@H](OC(C)=O)[C@H](OC(C)=O)[C@H]1OC(C)=O. The molecule has 1 heterocycles. The lowest BCUT2D eigenvalue weighted by Crippen LogP contribution is -2.63. The highest BCUT2D eigenvalue weighted by molar-refractivity contribution is 5.81. The van der Waals surface area contributed by atoms with E-state index in [2.05, 4.69) is 6.58 Å². The highest BCUT2D eigenvalue weighted by Crippen LogP contribution is 2.30. The Morgan fingerprint density at radius 1 is 0.786 bits per heavy atom. The van der Waals surface area contributed by atoms with Crippen molar-refractivity contribution >= 4 is 29.8 Å². The number of carbonyl (C=O) groups excluding carboxylic acids is 5. The molecule has 1 fully saturated rings. The van der Waals surface area contributed by atoms with Crippen molar-refractivity contribution in [1.82, 2.24) is 0 Å². The minimum absolute atomic E-state index is 0.417. The Morgan fingerprint density at radius 2 is 1.29 bits per heavy atom. The molecule has 1 aliphatic rings. The van der Waals surface area contributed by atoms with Crippen molar-refractivity contribution in [2.75, 3.05) is 6.61 Å². The van der Waals surface area contributed by atoms with Gasteiger partial charge in [0, 0.05) is 33.8 Å². The Hall–Kier alpha value is -2.95. The van der Waals surface area contributed by atoms with Crippen LogP contribution in [0.3, 0.4) is 0 Å². The second-order valence-electron chi connectivity index (χ2n) is 5.71. The average Bonchev–Trinajstić information content (AvgIpc) is 2.57. The van der Waals surface area contributed by atoms with Crippen molar-refractivity contribution in [3.05, 3.63) is 12.7 Å². The van der Waals surface area contributed by atoms with Crippen molar-refractivity contribution in [3.8, 4) is 0 Å². The van der Waals surface area contributed by atoms with Gasteiger partial charge in [-0.15, -0.1) is 0 Å². The van der Waals surface area contributed by atoms with Crippen LogP contribution in [0.2, 0.25) is 0 Å². The van der Waals surface area contributed by atoms with Gasteiger partial charge in [0.15, 0.2) is 12.2 Å². The molecule has 1 rings (SSSR count). The largest absolute Gasteiger partial charge is 0.463 e. The summed E-state index contributed by atoms with van der Waals surface area (Å²) in [6, 6.07) is 0. The predicted molar refractivity (Wildman–Crippen MR) is 88.2 cm³/mol. The zero-order valence-corrected chi connectivity index (χ0v) is 15.9. The van der Waals surface area contributed by atoms with E-state index in [0.29, 0.717) is 0 Å². The lowest BCUT2D eigenvalue weighted by molar-refractivity contribution is -0.299. The minimum Gasteiger partial charge on any atom is -0.463 e. The summed E-state index contributed by atoms with van der Waals surface area (Å²) in [5, 5.41) is 0. The number of ether oxygens (including phenoxy) is 6. The van der Waals surface area contributed by atoms with E-state index >= 15 is 0 Å². The van der Waals surface area contributed by atoms with E-state index in [9.17, 15) is 24.0 Å². The van der Waals surface area contributed by atoms with Crippen LogP contribution >= 0.6 is 0 Å². The average molecular weight is 402 g/mol. The molecule has 0 N–H and O–H groups in total. The summed E-state index contributed by atoms with van der Waals surface area (Å²) in [4.78, 5) is 57.4. The van der Waals surface area contributed by atoms with E-state index in [1.165, 1.54) is 0 Å². The van der Waals surface area contributed by atoms with Crippen LogP contribution in [0.1, 0.15) is 27.7 Å². The molecular weight excluding hydrogens is 380 g/mol. The van der Waals surface area contributed by atoms with Crippen LogP contribution in [0, 0.1) is 0 Å².